The quantitative estimate of drug-likeness (QED) is 0.870. The van der Waals surface area contributed by atoms with Gasteiger partial charge in [-0.15, -0.1) is 0 Å². The van der Waals surface area contributed by atoms with Crippen molar-refractivity contribution in [1.29, 1.82) is 0 Å². The van der Waals surface area contributed by atoms with Gasteiger partial charge in [0.2, 0.25) is 5.96 Å². The molecule has 1 aromatic heterocycles. The molecule has 2 heterocycles. The standard InChI is InChI=1S/C13H20N4O2S/c1-3-4-10(2)5-8-15-13-16-11-6-7-14-9-12(11)20(18,19)17-13/h6-7,9-10H,3-5,8H2,1-2H3,(H2,15,16,17). The lowest BCUT2D eigenvalue weighted by atomic mass is 10.0. The third kappa shape index (κ3) is 3.47. The molecule has 0 aromatic carbocycles. The van der Waals surface area contributed by atoms with Crippen LogP contribution >= 0.6 is 0 Å². The van der Waals surface area contributed by atoms with Crippen molar-refractivity contribution in [1.82, 2.24) is 9.71 Å². The van der Waals surface area contributed by atoms with E-state index in [9.17, 15) is 8.42 Å². The number of fused-ring (bicyclic) bond motifs is 1. The number of pyridine rings is 1. The van der Waals surface area contributed by atoms with Crippen LogP contribution in [-0.2, 0) is 10.0 Å². The monoisotopic (exact) mass is 296 g/mol. The minimum absolute atomic E-state index is 0.151. The minimum Gasteiger partial charge on any atom is -0.324 e. The molecule has 1 aromatic rings. The largest absolute Gasteiger partial charge is 0.324 e. The second-order valence-electron chi connectivity index (χ2n) is 5.02. The van der Waals surface area contributed by atoms with Crippen LogP contribution in [-0.4, -0.2) is 25.9 Å². The van der Waals surface area contributed by atoms with Gasteiger partial charge in [0.25, 0.3) is 10.0 Å². The van der Waals surface area contributed by atoms with E-state index >= 15 is 0 Å². The first-order valence-corrected chi connectivity index (χ1v) is 8.29. The fourth-order valence-electron chi connectivity index (χ4n) is 2.14. The zero-order valence-corrected chi connectivity index (χ0v) is 12.6. The second-order valence-corrected chi connectivity index (χ2v) is 6.67. The van der Waals surface area contributed by atoms with Crippen LogP contribution < -0.4 is 10.0 Å². The van der Waals surface area contributed by atoms with Crippen LogP contribution in [0.25, 0.3) is 0 Å². The van der Waals surface area contributed by atoms with Crippen molar-refractivity contribution in [2.24, 2.45) is 10.9 Å². The Morgan fingerprint density at radius 2 is 2.20 bits per heavy atom. The lowest BCUT2D eigenvalue weighted by Crippen LogP contribution is -2.40. The molecule has 0 spiro atoms. The molecule has 6 nitrogen and oxygen atoms in total. The molecule has 20 heavy (non-hydrogen) atoms. The molecule has 110 valence electrons. The van der Waals surface area contributed by atoms with Crippen LogP contribution in [0.4, 0.5) is 5.69 Å². The van der Waals surface area contributed by atoms with Crippen LogP contribution in [0.5, 0.6) is 0 Å². The van der Waals surface area contributed by atoms with E-state index in [1.807, 2.05) is 0 Å². The number of hydrogen-bond donors (Lipinski definition) is 2. The molecule has 1 aliphatic heterocycles. The lowest BCUT2D eigenvalue weighted by Gasteiger charge is -2.20. The van der Waals surface area contributed by atoms with Gasteiger partial charge in [0.05, 0.1) is 5.69 Å². The van der Waals surface area contributed by atoms with Crippen LogP contribution in [0.15, 0.2) is 28.3 Å². The van der Waals surface area contributed by atoms with Gasteiger partial charge in [-0.3, -0.25) is 9.98 Å². The molecule has 2 N–H and O–H groups in total. The van der Waals surface area contributed by atoms with Crippen molar-refractivity contribution in [2.75, 3.05) is 11.9 Å². The zero-order valence-electron chi connectivity index (χ0n) is 11.8. The van der Waals surface area contributed by atoms with Gasteiger partial charge in [-0.25, -0.2) is 13.1 Å². The molecule has 0 aliphatic carbocycles. The lowest BCUT2D eigenvalue weighted by molar-refractivity contribution is 0.493. The fourth-order valence-corrected chi connectivity index (χ4v) is 3.23. The molecule has 7 heteroatoms. The maximum absolute atomic E-state index is 12.0. The summed E-state index contributed by atoms with van der Waals surface area (Å²) in [6.45, 7) is 4.94. The van der Waals surface area contributed by atoms with Crippen LogP contribution in [0.3, 0.4) is 0 Å². The normalized spacial score (nSPS) is 19.8. The van der Waals surface area contributed by atoms with Crippen molar-refractivity contribution in [3.8, 4) is 0 Å². The van der Waals surface area contributed by atoms with Crippen LogP contribution in [0.2, 0.25) is 0 Å². The molecule has 0 saturated carbocycles. The molecule has 0 radical (unpaired) electrons. The van der Waals surface area contributed by atoms with E-state index in [4.69, 9.17) is 0 Å². The predicted octanol–water partition coefficient (Wildman–Crippen LogP) is 1.97. The SMILES string of the molecule is CCCC(C)CCN=C1Nc2ccncc2S(=O)(=O)N1. The van der Waals surface area contributed by atoms with Gasteiger partial charge in [-0.05, 0) is 18.4 Å². The highest BCUT2D eigenvalue weighted by Gasteiger charge is 2.26. The summed E-state index contributed by atoms with van der Waals surface area (Å²) in [6, 6.07) is 1.63. The molecule has 0 fully saturated rings. The Balaban J connectivity index is 2.06. The topological polar surface area (TPSA) is 83.5 Å². The number of aliphatic imine (C=N–C) groups is 1. The van der Waals surface area contributed by atoms with Gasteiger partial charge in [0.15, 0.2) is 0 Å². The molecular formula is C13H20N4O2S. The summed E-state index contributed by atoms with van der Waals surface area (Å²) in [4.78, 5) is 8.27. The number of sulfonamides is 1. The number of aromatic nitrogens is 1. The Kier molecular flexibility index (Phi) is 4.59. The van der Waals surface area contributed by atoms with Gasteiger partial charge in [-0.1, -0.05) is 26.7 Å². The summed E-state index contributed by atoms with van der Waals surface area (Å²) in [5.41, 5.74) is 0.513. The average molecular weight is 296 g/mol. The van der Waals surface area contributed by atoms with Gasteiger partial charge < -0.3 is 5.32 Å². The molecule has 0 saturated heterocycles. The molecule has 1 aliphatic rings. The summed E-state index contributed by atoms with van der Waals surface area (Å²) in [6.07, 6.45) is 6.14. The Morgan fingerprint density at radius 1 is 1.40 bits per heavy atom. The summed E-state index contributed by atoms with van der Waals surface area (Å²) >= 11 is 0. The summed E-state index contributed by atoms with van der Waals surface area (Å²) < 4.78 is 26.4. The molecule has 0 amide bonds. The van der Waals surface area contributed by atoms with Gasteiger partial charge in [0, 0.05) is 18.9 Å². The third-order valence-electron chi connectivity index (χ3n) is 3.23. The maximum atomic E-state index is 12.0. The van der Waals surface area contributed by atoms with Crippen molar-refractivity contribution in [2.45, 2.75) is 38.0 Å². The number of rotatable bonds is 5. The highest BCUT2D eigenvalue weighted by molar-refractivity contribution is 7.90. The molecule has 2 rings (SSSR count). The van der Waals surface area contributed by atoms with Crippen molar-refractivity contribution in [3.05, 3.63) is 18.5 Å². The highest BCUT2D eigenvalue weighted by Crippen LogP contribution is 2.22. The van der Waals surface area contributed by atoms with Crippen LogP contribution in [0, 0.1) is 5.92 Å². The van der Waals surface area contributed by atoms with Crippen molar-refractivity contribution >= 4 is 21.7 Å². The number of nitrogens with zero attached hydrogens (tertiary/aromatic N) is 2. The number of nitrogens with one attached hydrogen (secondary N) is 2. The smallest absolute Gasteiger partial charge is 0.267 e. The Hall–Kier alpha value is -1.63. The van der Waals surface area contributed by atoms with Gasteiger partial charge in [0.1, 0.15) is 4.90 Å². The Bertz CT molecular complexity index is 598. The summed E-state index contributed by atoms with van der Waals surface area (Å²) in [5.74, 6) is 0.883. The molecule has 0 bridgehead atoms. The Labute approximate surface area is 119 Å². The number of guanidine groups is 1. The minimum atomic E-state index is -3.56. The first-order valence-electron chi connectivity index (χ1n) is 6.81. The second kappa shape index (κ2) is 6.21. The molecular weight excluding hydrogens is 276 g/mol. The fraction of sp³-hybridized carbons (Fsp3) is 0.538. The van der Waals surface area contributed by atoms with E-state index in [1.54, 1.807) is 12.3 Å². The van der Waals surface area contributed by atoms with E-state index in [2.05, 4.69) is 33.9 Å². The first-order chi connectivity index (χ1) is 9.53. The van der Waals surface area contributed by atoms with Gasteiger partial charge in [-0.2, -0.15) is 0 Å². The maximum Gasteiger partial charge on any atom is 0.267 e. The van der Waals surface area contributed by atoms with E-state index in [1.165, 1.54) is 12.6 Å². The van der Waals surface area contributed by atoms with Crippen LogP contribution in [0.1, 0.15) is 33.1 Å². The third-order valence-corrected chi connectivity index (χ3v) is 4.60. The van der Waals surface area contributed by atoms with E-state index < -0.39 is 10.0 Å². The summed E-state index contributed by atoms with van der Waals surface area (Å²) in [7, 11) is -3.56. The zero-order chi connectivity index (χ0) is 14.6. The van der Waals surface area contributed by atoms with E-state index in [0.29, 0.717) is 18.2 Å². The van der Waals surface area contributed by atoms with Crippen molar-refractivity contribution in [3.63, 3.8) is 0 Å². The Morgan fingerprint density at radius 3 is 2.95 bits per heavy atom. The highest BCUT2D eigenvalue weighted by atomic mass is 32.2. The average Bonchev–Trinajstić information content (AvgIpc) is 2.38. The number of hydrogen-bond acceptors (Lipinski definition) is 4. The van der Waals surface area contributed by atoms with Crippen molar-refractivity contribution < 1.29 is 8.42 Å². The molecule has 1 unspecified atom stereocenters. The summed E-state index contributed by atoms with van der Waals surface area (Å²) in [5, 5.41) is 2.98. The number of anilines is 1. The predicted molar refractivity (Wildman–Crippen MR) is 79.2 cm³/mol. The van der Waals surface area contributed by atoms with Gasteiger partial charge >= 0.3 is 0 Å². The first kappa shape index (κ1) is 14.8. The molecule has 1 atom stereocenters. The van der Waals surface area contributed by atoms with E-state index in [0.717, 1.165) is 12.8 Å². The van der Waals surface area contributed by atoms with E-state index in [-0.39, 0.29) is 10.9 Å².